The number of benzene rings is 1. The molecule has 1 unspecified atom stereocenters. The van der Waals surface area contributed by atoms with Crippen LogP contribution in [0, 0.1) is 5.92 Å². The van der Waals surface area contributed by atoms with Gasteiger partial charge in [-0.25, -0.2) is 0 Å². The maximum atomic E-state index is 13.1. The molecule has 1 aromatic rings. The summed E-state index contributed by atoms with van der Waals surface area (Å²) in [6, 6.07) is 7.32. The maximum Gasteiger partial charge on any atom is 0.243 e. The molecule has 1 aromatic carbocycles. The minimum atomic E-state index is -3.95. The first-order valence-corrected chi connectivity index (χ1v) is 16.3. The Labute approximate surface area is 242 Å². The van der Waals surface area contributed by atoms with Gasteiger partial charge in [-0.1, -0.05) is 44.2 Å². The Morgan fingerprint density at radius 3 is 2.46 bits per heavy atom. The van der Waals surface area contributed by atoms with Crippen LogP contribution in [0.4, 0.5) is 0 Å². The van der Waals surface area contributed by atoms with E-state index in [0.29, 0.717) is 44.9 Å². The van der Waals surface area contributed by atoms with Crippen LogP contribution < -0.4 is 10.6 Å². The smallest absolute Gasteiger partial charge is 0.243 e. The van der Waals surface area contributed by atoms with Crippen molar-refractivity contribution >= 4 is 37.3 Å². The molecule has 1 saturated heterocycles. The van der Waals surface area contributed by atoms with Gasteiger partial charge in [-0.2, -0.15) is 0 Å². The van der Waals surface area contributed by atoms with E-state index in [1.165, 1.54) is 23.6 Å². The minimum absolute atomic E-state index is 0.0886. The summed E-state index contributed by atoms with van der Waals surface area (Å²) in [5.74, 6) is -1.43. The summed E-state index contributed by atoms with van der Waals surface area (Å²) in [6.07, 6.45) is 2.79. The molecule has 3 N–H and O–H groups in total. The Morgan fingerprint density at radius 2 is 1.85 bits per heavy atom. The molecule has 0 spiro atoms. The lowest BCUT2D eigenvalue weighted by atomic mass is 10.0. The third-order valence-electron chi connectivity index (χ3n) is 7.14. The van der Waals surface area contributed by atoms with Gasteiger partial charge in [0.1, 0.15) is 18.4 Å². The summed E-state index contributed by atoms with van der Waals surface area (Å²) in [7, 11) is -3.95. The van der Waals surface area contributed by atoms with Crippen molar-refractivity contribution in [3.05, 3.63) is 35.9 Å². The molecule has 11 nitrogen and oxygen atoms in total. The zero-order chi connectivity index (χ0) is 30.6. The van der Waals surface area contributed by atoms with E-state index >= 15 is 0 Å². The maximum absolute atomic E-state index is 13.1. The first-order chi connectivity index (χ1) is 19.3. The van der Waals surface area contributed by atoms with Crippen LogP contribution in [0.3, 0.4) is 0 Å². The number of carbonyl (C=O) groups is 5. The van der Waals surface area contributed by atoms with Crippen molar-refractivity contribution < 1.29 is 33.4 Å². The number of hydrogen-bond acceptors (Lipinski definition) is 6. The van der Waals surface area contributed by atoms with Gasteiger partial charge in [0.2, 0.25) is 31.0 Å². The highest BCUT2D eigenvalue weighted by Crippen LogP contribution is 2.41. The second-order valence-corrected chi connectivity index (χ2v) is 13.6. The predicted molar refractivity (Wildman–Crippen MR) is 156 cm³/mol. The molecule has 0 saturated carbocycles. The topological polar surface area (TPSA) is 153 Å². The third-order valence-corrected chi connectivity index (χ3v) is 8.80. The Morgan fingerprint density at radius 1 is 1.17 bits per heavy atom. The van der Waals surface area contributed by atoms with Crippen molar-refractivity contribution in [1.82, 2.24) is 20.4 Å². The highest BCUT2D eigenvalue weighted by atomic mass is 31.2. The highest BCUT2D eigenvalue weighted by molar-refractivity contribution is 7.57. The summed E-state index contributed by atoms with van der Waals surface area (Å²) in [5, 5.41) is 5.16. The average Bonchev–Trinajstić information content (AvgIpc) is 3.41. The molecule has 0 bridgehead atoms. The van der Waals surface area contributed by atoms with Gasteiger partial charge in [0.15, 0.2) is 0 Å². The number of likely N-dealkylation sites (tertiary alicyclic amines) is 1. The fourth-order valence-electron chi connectivity index (χ4n) is 4.95. The van der Waals surface area contributed by atoms with Crippen LogP contribution in [0.25, 0.3) is 0 Å². The van der Waals surface area contributed by atoms with Crippen LogP contribution in [0.2, 0.25) is 0 Å². The van der Waals surface area contributed by atoms with Gasteiger partial charge in [-0.3, -0.25) is 23.7 Å². The number of aldehydes is 1. The first-order valence-electron chi connectivity index (χ1n) is 14.3. The van der Waals surface area contributed by atoms with E-state index in [1.807, 2.05) is 44.2 Å². The van der Waals surface area contributed by atoms with Crippen LogP contribution >= 0.6 is 7.37 Å². The quantitative estimate of drug-likeness (QED) is 0.197. The largest absolute Gasteiger partial charge is 0.354 e. The number of nitrogens with one attached hydrogen (secondary N) is 2. The lowest BCUT2D eigenvalue weighted by molar-refractivity contribution is -0.138. The van der Waals surface area contributed by atoms with Crippen LogP contribution in [0.15, 0.2) is 30.3 Å². The number of carbonyl (C=O) groups excluding carboxylic acids is 5. The van der Waals surface area contributed by atoms with Crippen molar-refractivity contribution in [2.24, 2.45) is 5.92 Å². The molecule has 0 radical (unpaired) electrons. The molecule has 1 aliphatic rings. The Bertz CT molecular complexity index is 1100. The number of rotatable bonds is 16. The van der Waals surface area contributed by atoms with E-state index in [2.05, 4.69) is 10.6 Å². The normalized spacial score (nSPS) is 17.8. The standard InChI is InChI=1S/C29H45N4O7P/c1-21(2)18-25(19-34)33(27(36)14-8-12-24-10-6-5-7-11-24)20-41(39,40)17-15-30-28(37)22(3)31-29(38)26-13-9-16-32(26)23(4)35/h5-7,10-11,19,21-22,25-26H,8-9,12-18,20H2,1-4H3,(H,30,37)(H,31,38)(H,39,40)/t22-,25-,26-/m0/s1. The van der Waals surface area contributed by atoms with E-state index in [1.54, 1.807) is 0 Å². The molecular weight excluding hydrogens is 547 g/mol. The Balaban J connectivity index is 1.92. The molecule has 0 aromatic heterocycles. The zero-order valence-corrected chi connectivity index (χ0v) is 25.5. The van der Waals surface area contributed by atoms with Crippen molar-refractivity contribution in [2.45, 2.75) is 84.3 Å². The minimum Gasteiger partial charge on any atom is -0.354 e. The monoisotopic (exact) mass is 592 g/mol. The fourth-order valence-corrected chi connectivity index (χ4v) is 6.39. The van der Waals surface area contributed by atoms with E-state index in [0.717, 1.165) is 5.56 Å². The third kappa shape index (κ3) is 11.4. The number of amides is 4. The van der Waals surface area contributed by atoms with Crippen LogP contribution in [0.5, 0.6) is 0 Å². The van der Waals surface area contributed by atoms with Crippen molar-refractivity contribution in [1.29, 1.82) is 0 Å². The van der Waals surface area contributed by atoms with E-state index in [4.69, 9.17) is 0 Å². The highest BCUT2D eigenvalue weighted by Gasteiger charge is 2.34. The molecule has 0 aliphatic carbocycles. The molecule has 4 amide bonds. The van der Waals surface area contributed by atoms with E-state index < -0.39 is 43.6 Å². The Hall–Kier alpha value is -3.04. The van der Waals surface area contributed by atoms with Crippen LogP contribution in [-0.4, -0.2) is 88.3 Å². The lowest BCUT2D eigenvalue weighted by Gasteiger charge is -2.31. The Kier molecular flexibility index (Phi) is 13.7. The van der Waals surface area contributed by atoms with Gasteiger partial charge >= 0.3 is 0 Å². The molecular formula is C29H45N4O7P. The summed E-state index contributed by atoms with van der Waals surface area (Å²) in [4.78, 5) is 75.3. The van der Waals surface area contributed by atoms with Crippen molar-refractivity contribution in [3.63, 3.8) is 0 Å². The molecule has 4 atom stereocenters. The molecule has 1 aliphatic heterocycles. The lowest BCUT2D eigenvalue weighted by Crippen LogP contribution is -2.52. The molecule has 1 heterocycles. The SMILES string of the molecule is CC(=O)N1CCC[C@H]1C(=O)N[C@@H](C)C(=O)NCCP(=O)(O)CN(C(=O)CCCc1ccccc1)[C@H](C=O)CC(C)C. The number of hydrogen-bond donors (Lipinski definition) is 3. The van der Waals surface area contributed by atoms with Gasteiger partial charge in [0, 0.05) is 32.6 Å². The van der Waals surface area contributed by atoms with E-state index in [9.17, 15) is 33.4 Å². The van der Waals surface area contributed by atoms with Gasteiger partial charge in [-0.05, 0) is 50.5 Å². The summed E-state index contributed by atoms with van der Waals surface area (Å²) >= 11 is 0. The van der Waals surface area contributed by atoms with Crippen molar-refractivity contribution in [3.8, 4) is 0 Å². The molecule has 228 valence electrons. The van der Waals surface area contributed by atoms with E-state index in [-0.39, 0.29) is 36.9 Å². The van der Waals surface area contributed by atoms with Crippen LogP contribution in [-0.2, 0) is 35.0 Å². The van der Waals surface area contributed by atoms with Gasteiger partial charge in [0.05, 0.1) is 12.3 Å². The van der Waals surface area contributed by atoms with Crippen molar-refractivity contribution in [2.75, 3.05) is 25.5 Å². The molecule has 2 rings (SSSR count). The van der Waals surface area contributed by atoms with Gasteiger partial charge < -0.3 is 30.1 Å². The molecule has 41 heavy (non-hydrogen) atoms. The summed E-state index contributed by atoms with van der Waals surface area (Å²) < 4.78 is 13.1. The molecule has 12 heteroatoms. The summed E-state index contributed by atoms with van der Waals surface area (Å²) in [6.45, 7) is 7.06. The zero-order valence-electron chi connectivity index (χ0n) is 24.6. The average molecular weight is 593 g/mol. The second kappa shape index (κ2) is 16.4. The van der Waals surface area contributed by atoms with Crippen LogP contribution in [0.1, 0.15) is 65.4 Å². The molecule has 1 fully saturated rings. The first kappa shape index (κ1) is 34.2. The predicted octanol–water partition coefficient (Wildman–Crippen LogP) is 2.31. The summed E-state index contributed by atoms with van der Waals surface area (Å²) in [5.41, 5.74) is 1.08. The number of nitrogens with zero attached hydrogens (tertiary/aromatic N) is 2. The number of aryl methyl sites for hydroxylation is 1. The van der Waals surface area contributed by atoms with Gasteiger partial charge in [0.25, 0.3) is 0 Å². The fraction of sp³-hybridized carbons (Fsp3) is 0.621. The second-order valence-electron chi connectivity index (χ2n) is 11.1. The van der Waals surface area contributed by atoms with Gasteiger partial charge in [-0.15, -0.1) is 0 Å².